The largest absolute Gasteiger partial charge is 0.466 e. The molecular weight excluding hydrogens is 326 g/mol. The van der Waals surface area contributed by atoms with Crippen LogP contribution in [0.5, 0.6) is 0 Å². The summed E-state index contributed by atoms with van der Waals surface area (Å²) in [4.78, 5) is 26.7. The minimum atomic E-state index is -0.528. The molecule has 0 atom stereocenters. The molecule has 2 aromatic carbocycles. The van der Waals surface area contributed by atoms with Crippen molar-refractivity contribution in [3.63, 3.8) is 0 Å². The molecule has 0 aromatic heterocycles. The lowest BCUT2D eigenvalue weighted by Gasteiger charge is -2.39. The highest BCUT2D eigenvalue weighted by Crippen LogP contribution is 2.28. The minimum absolute atomic E-state index is 0.00523. The molecule has 1 amide bonds. The maximum atomic E-state index is 13.1. The van der Waals surface area contributed by atoms with E-state index in [1.807, 2.05) is 74.5 Å². The van der Waals surface area contributed by atoms with E-state index in [2.05, 4.69) is 0 Å². The van der Waals surface area contributed by atoms with Crippen LogP contribution in [0.3, 0.4) is 0 Å². The summed E-state index contributed by atoms with van der Waals surface area (Å²) in [7, 11) is 0. The third-order valence-electron chi connectivity index (χ3n) is 4.50. The highest BCUT2D eigenvalue weighted by molar-refractivity contribution is 5.80. The number of carbonyl (C=O) groups is 2. The van der Waals surface area contributed by atoms with Gasteiger partial charge in [0.1, 0.15) is 0 Å². The first kappa shape index (κ1) is 19.7. The number of rotatable bonds is 8. The van der Waals surface area contributed by atoms with E-state index < -0.39 is 5.54 Å². The molecule has 2 aromatic rings. The van der Waals surface area contributed by atoms with Gasteiger partial charge in [0.2, 0.25) is 5.91 Å². The third-order valence-corrected chi connectivity index (χ3v) is 4.50. The van der Waals surface area contributed by atoms with Gasteiger partial charge in [0.25, 0.3) is 0 Å². The Morgan fingerprint density at radius 2 is 1.54 bits per heavy atom. The topological polar surface area (TPSA) is 46.6 Å². The van der Waals surface area contributed by atoms with Crippen molar-refractivity contribution >= 4 is 11.9 Å². The van der Waals surface area contributed by atoms with Crippen molar-refractivity contribution in [1.29, 1.82) is 0 Å². The normalized spacial score (nSPS) is 11.0. The first-order chi connectivity index (χ1) is 12.4. The molecule has 4 nitrogen and oxygen atoms in total. The van der Waals surface area contributed by atoms with E-state index in [1.54, 1.807) is 11.8 Å². The SMILES string of the molecule is CCOC(=O)CCN(C(=O)Cc1ccccc1)C(C)(C)c1ccccc1. The number of benzene rings is 2. The molecule has 0 unspecified atom stereocenters. The van der Waals surface area contributed by atoms with Crippen LogP contribution in [0.4, 0.5) is 0 Å². The predicted octanol–water partition coefficient (Wildman–Crippen LogP) is 3.95. The smallest absolute Gasteiger partial charge is 0.307 e. The molecule has 0 radical (unpaired) electrons. The van der Waals surface area contributed by atoms with Gasteiger partial charge in [0.15, 0.2) is 0 Å². The molecule has 0 saturated carbocycles. The van der Waals surface area contributed by atoms with Crippen LogP contribution in [-0.2, 0) is 26.3 Å². The number of esters is 1. The van der Waals surface area contributed by atoms with E-state index in [9.17, 15) is 9.59 Å². The van der Waals surface area contributed by atoms with Crippen molar-refractivity contribution in [2.45, 2.75) is 39.2 Å². The molecular formula is C22H27NO3. The van der Waals surface area contributed by atoms with Gasteiger partial charge >= 0.3 is 5.97 Å². The Morgan fingerprint density at radius 3 is 2.12 bits per heavy atom. The van der Waals surface area contributed by atoms with E-state index >= 15 is 0 Å². The fourth-order valence-electron chi connectivity index (χ4n) is 3.02. The van der Waals surface area contributed by atoms with E-state index in [-0.39, 0.29) is 18.3 Å². The van der Waals surface area contributed by atoms with Gasteiger partial charge in [0.05, 0.1) is 25.0 Å². The maximum absolute atomic E-state index is 13.1. The standard InChI is InChI=1S/C22H27NO3/c1-4-26-21(25)15-16-23(20(24)17-18-11-7-5-8-12-18)22(2,3)19-13-9-6-10-14-19/h5-14H,4,15-17H2,1-3H3. The fourth-order valence-corrected chi connectivity index (χ4v) is 3.02. The fraction of sp³-hybridized carbons (Fsp3) is 0.364. The number of amides is 1. The number of carbonyl (C=O) groups excluding carboxylic acids is 2. The van der Waals surface area contributed by atoms with Crippen LogP contribution in [0, 0.1) is 0 Å². The zero-order chi connectivity index (χ0) is 19.0. The van der Waals surface area contributed by atoms with Crippen LogP contribution < -0.4 is 0 Å². The zero-order valence-corrected chi connectivity index (χ0v) is 15.8. The highest BCUT2D eigenvalue weighted by atomic mass is 16.5. The molecule has 0 aliphatic rings. The second kappa shape index (κ2) is 9.18. The summed E-state index contributed by atoms with van der Waals surface area (Å²) >= 11 is 0. The van der Waals surface area contributed by atoms with Gasteiger partial charge < -0.3 is 9.64 Å². The second-order valence-electron chi connectivity index (χ2n) is 6.69. The number of ether oxygens (including phenoxy) is 1. The van der Waals surface area contributed by atoms with E-state index in [1.165, 1.54) is 0 Å². The molecule has 0 fully saturated rings. The third kappa shape index (κ3) is 5.19. The molecule has 0 aliphatic carbocycles. The summed E-state index contributed by atoms with van der Waals surface area (Å²) < 4.78 is 5.03. The summed E-state index contributed by atoms with van der Waals surface area (Å²) in [6, 6.07) is 19.6. The van der Waals surface area contributed by atoms with Crippen molar-refractivity contribution in [2.24, 2.45) is 0 Å². The van der Waals surface area contributed by atoms with Crippen LogP contribution >= 0.6 is 0 Å². The van der Waals surface area contributed by atoms with Gasteiger partial charge in [-0.25, -0.2) is 0 Å². The zero-order valence-electron chi connectivity index (χ0n) is 15.8. The van der Waals surface area contributed by atoms with Crippen LogP contribution in [0.25, 0.3) is 0 Å². The van der Waals surface area contributed by atoms with Crippen LogP contribution in [0.15, 0.2) is 60.7 Å². The maximum Gasteiger partial charge on any atom is 0.307 e. The predicted molar refractivity (Wildman–Crippen MR) is 103 cm³/mol. The minimum Gasteiger partial charge on any atom is -0.466 e. The Labute approximate surface area is 155 Å². The highest BCUT2D eigenvalue weighted by Gasteiger charge is 2.32. The molecule has 0 bridgehead atoms. The Kier molecular flexibility index (Phi) is 6.96. The van der Waals surface area contributed by atoms with Gasteiger partial charge in [-0.2, -0.15) is 0 Å². The average molecular weight is 353 g/mol. The number of hydrogen-bond donors (Lipinski definition) is 0. The van der Waals surface area contributed by atoms with Gasteiger partial charge in [-0.3, -0.25) is 9.59 Å². The molecule has 0 N–H and O–H groups in total. The van der Waals surface area contributed by atoms with Crippen LogP contribution in [0.1, 0.15) is 38.3 Å². The first-order valence-corrected chi connectivity index (χ1v) is 9.00. The molecule has 0 aliphatic heterocycles. The first-order valence-electron chi connectivity index (χ1n) is 9.00. The van der Waals surface area contributed by atoms with Gasteiger partial charge in [-0.15, -0.1) is 0 Å². The molecule has 138 valence electrons. The Morgan fingerprint density at radius 1 is 0.962 bits per heavy atom. The molecule has 0 spiro atoms. The number of nitrogens with zero attached hydrogens (tertiary/aromatic N) is 1. The summed E-state index contributed by atoms with van der Waals surface area (Å²) in [5.41, 5.74) is 1.47. The van der Waals surface area contributed by atoms with Crippen molar-refractivity contribution in [2.75, 3.05) is 13.2 Å². The second-order valence-corrected chi connectivity index (χ2v) is 6.69. The summed E-state index contributed by atoms with van der Waals surface area (Å²) in [6.07, 6.45) is 0.491. The average Bonchev–Trinajstić information content (AvgIpc) is 2.63. The molecule has 26 heavy (non-hydrogen) atoms. The summed E-state index contributed by atoms with van der Waals surface area (Å²) in [5.74, 6) is -0.289. The summed E-state index contributed by atoms with van der Waals surface area (Å²) in [6.45, 7) is 6.47. The lowest BCUT2D eigenvalue weighted by Crippen LogP contribution is -2.47. The van der Waals surface area contributed by atoms with E-state index in [0.717, 1.165) is 11.1 Å². The lowest BCUT2D eigenvalue weighted by atomic mass is 9.91. The number of hydrogen-bond acceptors (Lipinski definition) is 3. The van der Waals surface area contributed by atoms with Gasteiger partial charge in [-0.1, -0.05) is 60.7 Å². The molecule has 0 saturated heterocycles. The van der Waals surface area contributed by atoms with E-state index in [0.29, 0.717) is 19.6 Å². The van der Waals surface area contributed by atoms with Crippen molar-refractivity contribution in [1.82, 2.24) is 4.90 Å². The van der Waals surface area contributed by atoms with Crippen LogP contribution in [-0.4, -0.2) is 29.9 Å². The quantitative estimate of drug-likeness (QED) is 0.675. The molecule has 2 rings (SSSR count). The monoisotopic (exact) mass is 353 g/mol. The Balaban J connectivity index is 2.23. The van der Waals surface area contributed by atoms with Crippen molar-refractivity contribution in [3.8, 4) is 0 Å². The molecule has 0 heterocycles. The summed E-state index contributed by atoms with van der Waals surface area (Å²) in [5, 5.41) is 0. The van der Waals surface area contributed by atoms with E-state index in [4.69, 9.17) is 4.74 Å². The van der Waals surface area contributed by atoms with Gasteiger partial charge in [0, 0.05) is 6.54 Å². The van der Waals surface area contributed by atoms with Crippen LogP contribution in [0.2, 0.25) is 0 Å². The Bertz CT molecular complexity index is 711. The molecule has 4 heteroatoms. The lowest BCUT2D eigenvalue weighted by molar-refractivity contribution is -0.145. The van der Waals surface area contributed by atoms with Gasteiger partial charge in [-0.05, 0) is 31.9 Å². The van der Waals surface area contributed by atoms with Crippen molar-refractivity contribution < 1.29 is 14.3 Å². The van der Waals surface area contributed by atoms with Crippen molar-refractivity contribution in [3.05, 3.63) is 71.8 Å². The Hall–Kier alpha value is -2.62.